The molecule has 2 aromatic carbocycles. The number of benzene rings is 2. The lowest BCUT2D eigenvalue weighted by Crippen LogP contribution is -2.24. The van der Waals surface area contributed by atoms with Crippen molar-refractivity contribution in [3.05, 3.63) is 82.1 Å². The molecule has 1 amide bonds. The number of esters is 2. The molecule has 160 valence electrons. The van der Waals surface area contributed by atoms with Crippen LogP contribution in [0, 0.1) is 0 Å². The van der Waals surface area contributed by atoms with Crippen LogP contribution in [0.4, 0.5) is 5.69 Å². The molecule has 0 N–H and O–H groups in total. The maximum Gasteiger partial charge on any atom is 0.340 e. The van der Waals surface area contributed by atoms with Crippen LogP contribution in [0.25, 0.3) is 6.08 Å². The first kappa shape index (κ1) is 22.0. The van der Waals surface area contributed by atoms with Crippen LogP contribution in [-0.2, 0) is 19.1 Å². The number of carbonyl (C=O) groups excluding carboxylic acids is 3. The van der Waals surface area contributed by atoms with Gasteiger partial charge in [0.2, 0.25) is 0 Å². The van der Waals surface area contributed by atoms with E-state index in [1.165, 1.54) is 19.1 Å². The molecule has 1 aliphatic rings. The maximum absolute atomic E-state index is 13.3. The number of ether oxygens (including phenoxy) is 2. The fourth-order valence-corrected chi connectivity index (χ4v) is 3.50. The fraction of sp³-hybridized carbons (Fsp3) is 0.240. The minimum absolute atomic E-state index is 0.220. The smallest absolute Gasteiger partial charge is 0.340 e. The first-order chi connectivity index (χ1) is 14.8. The molecule has 0 spiro atoms. The van der Waals surface area contributed by atoms with E-state index in [-0.39, 0.29) is 17.1 Å². The Balaban J connectivity index is 2.04. The molecule has 31 heavy (non-hydrogen) atoms. The number of hydrogen-bond donors (Lipinski definition) is 0. The summed E-state index contributed by atoms with van der Waals surface area (Å²) in [6.45, 7) is 5.92. The average Bonchev–Trinajstić information content (AvgIpc) is 3.02. The van der Waals surface area contributed by atoms with Gasteiger partial charge in [0.15, 0.2) is 0 Å². The van der Waals surface area contributed by atoms with Crippen molar-refractivity contribution in [2.75, 3.05) is 19.1 Å². The number of anilines is 1. The molecule has 3 rings (SSSR count). The highest BCUT2D eigenvalue weighted by atomic mass is 16.5. The number of carbonyl (C=O) groups is 3. The van der Waals surface area contributed by atoms with E-state index in [4.69, 9.17) is 9.47 Å². The number of hydrogen-bond acceptors (Lipinski definition) is 5. The van der Waals surface area contributed by atoms with Crippen LogP contribution < -0.4 is 4.90 Å². The summed E-state index contributed by atoms with van der Waals surface area (Å²) in [5.74, 6) is -0.969. The van der Waals surface area contributed by atoms with E-state index in [0.29, 0.717) is 28.4 Å². The van der Waals surface area contributed by atoms with Crippen LogP contribution >= 0.6 is 0 Å². The van der Waals surface area contributed by atoms with E-state index in [2.05, 4.69) is 13.8 Å². The SMILES string of the molecule is COC(=O)C1=C(C)N(c2ccc(C(C)C)cc2)C(=O)C1=Cc1ccc(C(=O)OC)cc1. The topological polar surface area (TPSA) is 72.9 Å². The third-order valence-electron chi connectivity index (χ3n) is 5.25. The number of nitrogens with zero attached hydrogens (tertiary/aromatic N) is 1. The van der Waals surface area contributed by atoms with Crippen LogP contribution in [0.2, 0.25) is 0 Å². The van der Waals surface area contributed by atoms with E-state index >= 15 is 0 Å². The summed E-state index contributed by atoms with van der Waals surface area (Å²) in [5, 5.41) is 0. The highest BCUT2D eigenvalue weighted by Gasteiger charge is 2.37. The van der Waals surface area contributed by atoms with Crippen molar-refractivity contribution < 1.29 is 23.9 Å². The van der Waals surface area contributed by atoms with Crippen LogP contribution in [0.5, 0.6) is 0 Å². The van der Waals surface area contributed by atoms with Crippen LogP contribution in [-0.4, -0.2) is 32.1 Å². The van der Waals surface area contributed by atoms with Gasteiger partial charge < -0.3 is 9.47 Å². The molecule has 1 heterocycles. The molecule has 0 saturated heterocycles. The van der Waals surface area contributed by atoms with Gasteiger partial charge in [-0.25, -0.2) is 9.59 Å². The molecule has 0 aliphatic carbocycles. The minimum atomic E-state index is -0.579. The zero-order valence-corrected chi connectivity index (χ0v) is 18.3. The second kappa shape index (κ2) is 9.00. The Labute approximate surface area is 181 Å². The van der Waals surface area contributed by atoms with Crippen molar-refractivity contribution in [2.45, 2.75) is 26.7 Å². The molecule has 2 aromatic rings. The zero-order chi connectivity index (χ0) is 22.7. The predicted octanol–water partition coefficient (Wildman–Crippen LogP) is 4.47. The first-order valence-electron chi connectivity index (χ1n) is 9.92. The monoisotopic (exact) mass is 419 g/mol. The fourth-order valence-electron chi connectivity index (χ4n) is 3.50. The van der Waals surface area contributed by atoms with Crippen LogP contribution in [0.15, 0.2) is 65.4 Å². The van der Waals surface area contributed by atoms with E-state index < -0.39 is 11.9 Å². The second-order valence-electron chi connectivity index (χ2n) is 7.51. The van der Waals surface area contributed by atoms with Gasteiger partial charge in [0.25, 0.3) is 5.91 Å². The molecule has 0 radical (unpaired) electrons. The summed E-state index contributed by atoms with van der Waals surface area (Å²) >= 11 is 0. The minimum Gasteiger partial charge on any atom is -0.465 e. The van der Waals surface area contributed by atoms with Crippen molar-refractivity contribution in [2.24, 2.45) is 0 Å². The van der Waals surface area contributed by atoms with E-state index in [1.54, 1.807) is 37.3 Å². The zero-order valence-electron chi connectivity index (χ0n) is 18.3. The standard InChI is InChI=1S/C25H25NO5/c1-15(2)18-10-12-20(13-11-18)26-16(3)22(25(29)31-5)21(23(26)27)14-17-6-8-19(9-7-17)24(28)30-4/h6-15H,1-5H3. The number of amides is 1. The van der Waals surface area contributed by atoms with Gasteiger partial charge in [-0.15, -0.1) is 0 Å². The van der Waals surface area contributed by atoms with Gasteiger partial charge in [-0.05, 0) is 54.3 Å². The van der Waals surface area contributed by atoms with Gasteiger partial charge >= 0.3 is 11.9 Å². The summed E-state index contributed by atoms with van der Waals surface area (Å²) in [4.78, 5) is 39.0. The van der Waals surface area contributed by atoms with E-state index in [9.17, 15) is 14.4 Å². The highest BCUT2D eigenvalue weighted by Crippen LogP contribution is 2.36. The lowest BCUT2D eigenvalue weighted by atomic mass is 10.0. The third kappa shape index (κ3) is 4.28. The maximum atomic E-state index is 13.3. The lowest BCUT2D eigenvalue weighted by molar-refractivity contribution is -0.136. The van der Waals surface area contributed by atoms with Gasteiger partial charge in [0.05, 0.1) is 30.9 Å². The molecule has 6 nitrogen and oxygen atoms in total. The van der Waals surface area contributed by atoms with Gasteiger partial charge in [0, 0.05) is 11.4 Å². The summed E-state index contributed by atoms with van der Waals surface area (Å²) in [6, 6.07) is 14.3. The summed E-state index contributed by atoms with van der Waals surface area (Å²) in [5.41, 5.74) is 3.87. The number of methoxy groups -OCH3 is 2. The van der Waals surface area contributed by atoms with Crippen LogP contribution in [0.3, 0.4) is 0 Å². The summed E-state index contributed by atoms with van der Waals surface area (Å²) in [7, 11) is 2.60. The van der Waals surface area contributed by atoms with E-state index in [1.807, 2.05) is 24.3 Å². The van der Waals surface area contributed by atoms with Crippen molar-refractivity contribution in [1.29, 1.82) is 0 Å². The molecule has 1 aliphatic heterocycles. The summed E-state index contributed by atoms with van der Waals surface area (Å²) < 4.78 is 9.65. The normalized spacial score (nSPS) is 15.1. The van der Waals surface area contributed by atoms with Crippen molar-refractivity contribution in [1.82, 2.24) is 0 Å². The van der Waals surface area contributed by atoms with E-state index in [0.717, 1.165) is 5.56 Å². The third-order valence-corrected chi connectivity index (χ3v) is 5.25. The average molecular weight is 419 g/mol. The Hall–Kier alpha value is -3.67. The Kier molecular flexibility index (Phi) is 6.39. The van der Waals surface area contributed by atoms with Gasteiger partial charge in [0.1, 0.15) is 0 Å². The quantitative estimate of drug-likeness (QED) is 0.528. The Morgan fingerprint density at radius 3 is 2.00 bits per heavy atom. The Morgan fingerprint density at radius 2 is 1.48 bits per heavy atom. The van der Waals surface area contributed by atoms with Crippen molar-refractivity contribution in [3.63, 3.8) is 0 Å². The van der Waals surface area contributed by atoms with Crippen LogP contribution in [0.1, 0.15) is 48.2 Å². The highest BCUT2D eigenvalue weighted by molar-refractivity contribution is 6.23. The first-order valence-corrected chi connectivity index (χ1v) is 9.92. The molecule has 0 bridgehead atoms. The molecule has 0 saturated carbocycles. The molecule has 6 heteroatoms. The Bertz CT molecular complexity index is 1080. The van der Waals surface area contributed by atoms with Crippen molar-refractivity contribution in [3.8, 4) is 0 Å². The number of allylic oxidation sites excluding steroid dienone is 1. The van der Waals surface area contributed by atoms with Gasteiger partial charge in [-0.1, -0.05) is 38.1 Å². The van der Waals surface area contributed by atoms with Gasteiger partial charge in [-0.3, -0.25) is 9.69 Å². The van der Waals surface area contributed by atoms with Crippen molar-refractivity contribution >= 4 is 29.6 Å². The van der Waals surface area contributed by atoms with Gasteiger partial charge in [-0.2, -0.15) is 0 Å². The summed E-state index contributed by atoms with van der Waals surface area (Å²) in [6.07, 6.45) is 1.63. The lowest BCUT2D eigenvalue weighted by Gasteiger charge is -2.19. The molecule has 0 unspecified atom stereocenters. The molecule has 0 fully saturated rings. The Morgan fingerprint density at radius 1 is 0.903 bits per heavy atom. The largest absolute Gasteiger partial charge is 0.465 e. The molecular weight excluding hydrogens is 394 g/mol. The molecular formula is C25H25NO5. The number of rotatable bonds is 5. The second-order valence-corrected chi connectivity index (χ2v) is 7.51. The molecule has 0 atom stereocenters. The molecule has 0 aromatic heterocycles. The predicted molar refractivity (Wildman–Crippen MR) is 118 cm³/mol.